The normalized spacial score (nSPS) is 15.9. The number of carbonyl (C=O) groups is 1. The first-order chi connectivity index (χ1) is 16.5. The van der Waals surface area contributed by atoms with Gasteiger partial charge >= 0.3 is 0 Å². The van der Waals surface area contributed by atoms with Crippen molar-refractivity contribution in [3.8, 4) is 11.8 Å². The molecule has 1 heterocycles. The average Bonchev–Trinajstić information content (AvgIpc) is 2.85. The molecule has 1 aliphatic heterocycles. The van der Waals surface area contributed by atoms with Crippen molar-refractivity contribution >= 4 is 27.0 Å². The maximum absolute atomic E-state index is 12.1. The summed E-state index contributed by atoms with van der Waals surface area (Å²) < 4.78 is 22.6. The smallest absolute Gasteiger partial charge is 0.264 e. The van der Waals surface area contributed by atoms with Gasteiger partial charge in [-0.2, -0.15) is 0 Å². The summed E-state index contributed by atoms with van der Waals surface area (Å²) in [5.41, 5.74) is 6.94. The summed E-state index contributed by atoms with van der Waals surface area (Å²) in [7, 11) is 0.329. The number of benzene rings is 2. The Bertz CT molecular complexity index is 1240. The molecule has 0 saturated heterocycles. The van der Waals surface area contributed by atoms with Crippen molar-refractivity contribution < 1.29 is 18.4 Å². The fourth-order valence-electron chi connectivity index (χ4n) is 3.89. The fraction of sp³-hybridized carbons (Fsp3) is 0.370. The molecule has 0 bridgehead atoms. The molecule has 0 fully saturated rings. The lowest BCUT2D eigenvalue weighted by Crippen LogP contribution is -2.51. The molecule has 0 spiro atoms. The van der Waals surface area contributed by atoms with Gasteiger partial charge in [-0.1, -0.05) is 30.0 Å². The number of hydroxylamine groups is 1. The van der Waals surface area contributed by atoms with Gasteiger partial charge in [0.1, 0.15) is 0 Å². The van der Waals surface area contributed by atoms with Crippen LogP contribution in [0, 0.1) is 11.8 Å². The molecule has 0 aromatic heterocycles. The lowest BCUT2D eigenvalue weighted by Gasteiger charge is -2.31. The van der Waals surface area contributed by atoms with Gasteiger partial charge in [0.25, 0.3) is 5.91 Å². The van der Waals surface area contributed by atoms with Crippen molar-refractivity contribution in [1.29, 1.82) is 0 Å². The van der Waals surface area contributed by atoms with E-state index in [9.17, 15) is 13.2 Å². The summed E-state index contributed by atoms with van der Waals surface area (Å²) in [6.07, 6.45) is 4.09. The average molecular weight is 496 g/mol. The van der Waals surface area contributed by atoms with Crippen molar-refractivity contribution in [1.82, 2.24) is 10.4 Å². The van der Waals surface area contributed by atoms with Crippen LogP contribution in [0.2, 0.25) is 0 Å². The molecule has 1 aliphatic rings. The number of rotatable bonds is 7. The molecular weight excluding hydrogens is 462 g/mol. The van der Waals surface area contributed by atoms with Crippen molar-refractivity contribution in [3.63, 3.8) is 0 Å². The number of nitrogens with zero attached hydrogens (tertiary/aromatic N) is 2. The van der Waals surface area contributed by atoms with E-state index in [2.05, 4.69) is 52.0 Å². The number of amides is 1. The Labute approximate surface area is 208 Å². The molecular formula is C27H33N3O4S. The molecule has 3 rings (SSSR count). The minimum Gasteiger partial charge on any atom is -0.378 e. The van der Waals surface area contributed by atoms with E-state index in [0.717, 1.165) is 41.6 Å². The van der Waals surface area contributed by atoms with Crippen LogP contribution in [0.5, 0.6) is 0 Å². The standard InChI is InChI=1S/C27H33N3O4S/c1-27(26(31)28-32,35(4,33)34)17-20-30-18-15-24(16-19-30)23-11-7-21(8-12-23)5-6-22-9-13-25(14-10-22)29(2)3/h7-15,32H,16-20H2,1-4H3,(H,28,31). The third kappa shape index (κ3) is 6.51. The van der Waals surface area contributed by atoms with Crippen LogP contribution in [0.3, 0.4) is 0 Å². The van der Waals surface area contributed by atoms with E-state index < -0.39 is 20.5 Å². The Morgan fingerprint density at radius 1 is 1.09 bits per heavy atom. The van der Waals surface area contributed by atoms with E-state index in [4.69, 9.17) is 5.21 Å². The molecule has 1 atom stereocenters. The van der Waals surface area contributed by atoms with Gasteiger partial charge in [-0.15, -0.1) is 0 Å². The predicted molar refractivity (Wildman–Crippen MR) is 140 cm³/mol. The first-order valence-corrected chi connectivity index (χ1v) is 13.4. The van der Waals surface area contributed by atoms with E-state index in [1.807, 2.05) is 38.4 Å². The van der Waals surface area contributed by atoms with Gasteiger partial charge < -0.3 is 4.90 Å². The maximum atomic E-state index is 12.1. The molecule has 186 valence electrons. The van der Waals surface area contributed by atoms with Crippen molar-refractivity contribution in [2.24, 2.45) is 0 Å². The highest BCUT2D eigenvalue weighted by atomic mass is 32.2. The first kappa shape index (κ1) is 26.5. The lowest BCUT2D eigenvalue weighted by atomic mass is 9.97. The van der Waals surface area contributed by atoms with Crippen LogP contribution < -0.4 is 10.4 Å². The zero-order chi connectivity index (χ0) is 25.6. The van der Waals surface area contributed by atoms with Gasteiger partial charge in [-0.05, 0) is 67.3 Å². The van der Waals surface area contributed by atoms with Crippen LogP contribution in [0.25, 0.3) is 5.57 Å². The second-order valence-corrected chi connectivity index (χ2v) is 11.7. The van der Waals surface area contributed by atoms with Crippen LogP contribution >= 0.6 is 0 Å². The number of hydrogen-bond donors (Lipinski definition) is 2. The molecule has 0 aliphatic carbocycles. The van der Waals surface area contributed by atoms with Crippen molar-refractivity contribution in [3.05, 3.63) is 71.3 Å². The monoisotopic (exact) mass is 495 g/mol. The number of hydrogen-bond acceptors (Lipinski definition) is 6. The summed E-state index contributed by atoms with van der Waals surface area (Å²) in [6.45, 7) is 3.21. The number of carbonyl (C=O) groups excluding carboxylic acids is 1. The second kappa shape index (κ2) is 11.1. The minimum absolute atomic E-state index is 0.104. The molecule has 1 amide bonds. The number of nitrogens with one attached hydrogen (secondary N) is 1. The van der Waals surface area contributed by atoms with Crippen LogP contribution in [0.15, 0.2) is 54.6 Å². The van der Waals surface area contributed by atoms with Crippen LogP contribution in [-0.2, 0) is 14.6 Å². The Morgan fingerprint density at radius 2 is 1.66 bits per heavy atom. The first-order valence-electron chi connectivity index (χ1n) is 11.5. The fourth-order valence-corrected chi connectivity index (χ4v) is 4.73. The van der Waals surface area contributed by atoms with Gasteiger partial charge in [-0.3, -0.25) is 14.9 Å². The molecule has 2 N–H and O–H groups in total. The third-order valence-corrected chi connectivity index (χ3v) is 8.62. The zero-order valence-corrected chi connectivity index (χ0v) is 21.5. The van der Waals surface area contributed by atoms with Crippen LogP contribution in [0.4, 0.5) is 5.69 Å². The highest BCUT2D eigenvalue weighted by molar-refractivity contribution is 7.92. The minimum atomic E-state index is -3.69. The van der Waals surface area contributed by atoms with E-state index in [0.29, 0.717) is 13.1 Å². The summed E-state index contributed by atoms with van der Waals surface area (Å²) in [4.78, 5) is 16.2. The maximum Gasteiger partial charge on any atom is 0.264 e. The molecule has 0 radical (unpaired) electrons. The van der Waals surface area contributed by atoms with Crippen LogP contribution in [0.1, 0.15) is 36.5 Å². The summed E-state index contributed by atoms with van der Waals surface area (Å²) in [5, 5.41) is 8.97. The zero-order valence-electron chi connectivity index (χ0n) is 20.7. The van der Waals surface area contributed by atoms with Gasteiger partial charge in [0.05, 0.1) is 0 Å². The van der Waals surface area contributed by atoms with Gasteiger partial charge in [0, 0.05) is 56.8 Å². The molecule has 7 nitrogen and oxygen atoms in total. The van der Waals surface area contributed by atoms with Crippen molar-refractivity contribution in [2.75, 3.05) is 44.9 Å². The Morgan fingerprint density at radius 3 is 2.11 bits per heavy atom. The number of anilines is 1. The summed E-state index contributed by atoms with van der Waals surface area (Å²) in [5.74, 6) is 5.52. The summed E-state index contributed by atoms with van der Waals surface area (Å²) >= 11 is 0. The molecule has 8 heteroatoms. The predicted octanol–water partition coefficient (Wildman–Crippen LogP) is 2.94. The SMILES string of the molecule is CN(C)c1ccc(C#Cc2ccc(C3=CCN(CCC(C)(C(=O)NO)S(C)(=O)=O)CC3)cc2)cc1. The summed E-state index contributed by atoms with van der Waals surface area (Å²) in [6, 6.07) is 16.3. The number of sulfone groups is 1. The van der Waals surface area contributed by atoms with E-state index in [1.165, 1.54) is 18.0 Å². The highest BCUT2D eigenvalue weighted by Crippen LogP contribution is 2.25. The molecule has 0 saturated carbocycles. The largest absolute Gasteiger partial charge is 0.378 e. The van der Waals surface area contributed by atoms with Gasteiger partial charge in [0.15, 0.2) is 14.6 Å². The Balaban J connectivity index is 1.60. The van der Waals surface area contributed by atoms with Crippen LogP contribution in [-0.4, -0.2) is 69.2 Å². The van der Waals surface area contributed by atoms with E-state index in [-0.39, 0.29) is 6.42 Å². The van der Waals surface area contributed by atoms with Gasteiger partial charge in [-0.25, -0.2) is 13.9 Å². The van der Waals surface area contributed by atoms with Crippen molar-refractivity contribution in [2.45, 2.75) is 24.5 Å². The highest BCUT2D eigenvalue weighted by Gasteiger charge is 2.43. The molecule has 1 unspecified atom stereocenters. The van der Waals surface area contributed by atoms with Gasteiger partial charge in [0.2, 0.25) is 0 Å². The quantitative estimate of drug-likeness (QED) is 0.349. The second-order valence-electron chi connectivity index (χ2n) is 9.24. The Hall–Kier alpha value is -3.12. The topological polar surface area (TPSA) is 89.9 Å². The molecule has 2 aromatic rings. The Kier molecular flexibility index (Phi) is 8.39. The third-order valence-electron chi connectivity index (χ3n) is 6.59. The molecule has 2 aromatic carbocycles. The van der Waals surface area contributed by atoms with E-state index >= 15 is 0 Å². The molecule has 35 heavy (non-hydrogen) atoms. The lowest BCUT2D eigenvalue weighted by molar-refractivity contribution is -0.131. The van der Waals surface area contributed by atoms with E-state index in [1.54, 1.807) is 0 Å².